The monoisotopic (exact) mass is 310 g/mol. The fourth-order valence-corrected chi connectivity index (χ4v) is 2.02. The zero-order valence-electron chi connectivity index (χ0n) is 14.7. The molecule has 0 aromatic heterocycles. The lowest BCUT2D eigenvalue weighted by Gasteiger charge is -2.31. The lowest BCUT2D eigenvalue weighted by atomic mass is 10.0. The number of nitrogens with one attached hydrogen (secondary N) is 1. The number of rotatable bonds is 11. The number of hydrogen-bond acceptors (Lipinski definition) is 5. The van der Waals surface area contributed by atoms with E-state index in [1.807, 2.05) is 47.6 Å². The summed E-state index contributed by atoms with van der Waals surface area (Å²) in [6, 6.07) is 2.03. The summed E-state index contributed by atoms with van der Waals surface area (Å²) < 4.78 is 11.2. The van der Waals surface area contributed by atoms with Gasteiger partial charge in [-0.25, -0.2) is 0 Å². The second-order valence-electron chi connectivity index (χ2n) is 5.99. The molecule has 0 aliphatic heterocycles. The van der Waals surface area contributed by atoms with Crippen molar-refractivity contribution in [2.24, 2.45) is 5.92 Å². The van der Waals surface area contributed by atoms with Crippen LogP contribution in [0.2, 0.25) is 0 Å². The molecule has 0 aromatic carbocycles. The van der Waals surface area contributed by atoms with Crippen LogP contribution in [-0.4, -0.2) is 30.8 Å². The first-order valence-electron chi connectivity index (χ1n) is 7.90. The van der Waals surface area contributed by atoms with Gasteiger partial charge >= 0.3 is 0 Å². The molecule has 0 heterocycles. The molecule has 5 heteroatoms. The Morgan fingerprint density at radius 1 is 1.36 bits per heavy atom. The number of carbonyl (C=O) groups is 1. The molecule has 0 rings (SSSR count). The Hall–Kier alpha value is -1.38. The number of allylic oxidation sites excluding steroid dienone is 1. The number of Topliss-reactive ketones (excluding diaryl/α,β-unsaturated/α-hetero) is 1. The predicted molar refractivity (Wildman–Crippen MR) is 87.0 cm³/mol. The Kier molecular flexibility index (Phi) is 9.71. The van der Waals surface area contributed by atoms with Crippen LogP contribution < -0.4 is 5.32 Å². The van der Waals surface area contributed by atoms with E-state index < -0.39 is 5.60 Å². The summed E-state index contributed by atoms with van der Waals surface area (Å²) in [5, 5.41) is 12.2. The first-order valence-corrected chi connectivity index (χ1v) is 7.90. The van der Waals surface area contributed by atoms with Crippen molar-refractivity contribution in [2.75, 3.05) is 13.2 Å². The molecule has 0 fully saturated rings. The van der Waals surface area contributed by atoms with Crippen molar-refractivity contribution in [3.8, 4) is 6.07 Å². The number of ether oxygens (including phenoxy) is 2. The third-order valence-electron chi connectivity index (χ3n) is 3.28. The summed E-state index contributed by atoms with van der Waals surface area (Å²) in [5.41, 5.74) is 0.0328. The Morgan fingerprint density at radius 2 is 2.00 bits per heavy atom. The molecule has 0 aliphatic carbocycles. The number of ketones is 1. The highest BCUT2D eigenvalue weighted by molar-refractivity contribution is 5.80. The normalized spacial score (nSPS) is 13.8. The predicted octanol–water partition coefficient (Wildman–Crippen LogP) is 3.17. The van der Waals surface area contributed by atoms with E-state index in [1.54, 1.807) is 0 Å². The molecule has 0 radical (unpaired) electrons. The molecule has 1 atom stereocenters. The molecule has 0 saturated heterocycles. The minimum atomic E-state index is -0.660. The molecular formula is C17H30N2O3. The van der Waals surface area contributed by atoms with E-state index >= 15 is 0 Å². The zero-order chi connectivity index (χ0) is 17.2. The summed E-state index contributed by atoms with van der Waals surface area (Å²) in [7, 11) is 0. The number of hydrogen-bond donors (Lipinski definition) is 1. The number of nitrogens with zero attached hydrogens (tertiary/aromatic N) is 1. The van der Waals surface area contributed by atoms with Crippen LogP contribution in [0.1, 0.15) is 54.4 Å². The van der Waals surface area contributed by atoms with Crippen molar-refractivity contribution < 1.29 is 14.3 Å². The Morgan fingerprint density at radius 3 is 2.50 bits per heavy atom. The Labute approximate surface area is 134 Å². The van der Waals surface area contributed by atoms with Crippen LogP contribution in [0.5, 0.6) is 0 Å². The summed E-state index contributed by atoms with van der Waals surface area (Å²) in [5.74, 6) is 0.328. The van der Waals surface area contributed by atoms with Gasteiger partial charge in [-0.3, -0.25) is 4.79 Å². The summed E-state index contributed by atoms with van der Waals surface area (Å²) in [6.45, 7) is 12.5. The van der Waals surface area contributed by atoms with Crippen LogP contribution >= 0.6 is 0 Å². The van der Waals surface area contributed by atoms with E-state index in [0.717, 1.165) is 6.42 Å². The van der Waals surface area contributed by atoms with Gasteiger partial charge in [0.15, 0.2) is 6.29 Å². The standard InChI is InChI=1S/C17H30N2O3/c1-7-21-14(4)22-17(5,6)16(10-11-18)19-12-8-9-15(20)13(2)3/h10,13-14,19H,7-9,12H2,1-6H3. The highest BCUT2D eigenvalue weighted by atomic mass is 16.7. The highest BCUT2D eigenvalue weighted by Crippen LogP contribution is 2.21. The third kappa shape index (κ3) is 8.16. The van der Waals surface area contributed by atoms with Crippen molar-refractivity contribution in [1.82, 2.24) is 5.32 Å². The van der Waals surface area contributed by atoms with E-state index in [2.05, 4.69) is 5.32 Å². The van der Waals surface area contributed by atoms with Crippen molar-refractivity contribution in [1.29, 1.82) is 5.26 Å². The molecule has 0 aromatic rings. The fourth-order valence-electron chi connectivity index (χ4n) is 2.02. The molecular weight excluding hydrogens is 280 g/mol. The molecule has 1 N–H and O–H groups in total. The van der Waals surface area contributed by atoms with Crippen LogP contribution in [0.4, 0.5) is 0 Å². The molecule has 0 spiro atoms. The zero-order valence-corrected chi connectivity index (χ0v) is 14.7. The van der Waals surface area contributed by atoms with Gasteiger partial charge in [0.2, 0.25) is 0 Å². The van der Waals surface area contributed by atoms with Gasteiger partial charge < -0.3 is 14.8 Å². The van der Waals surface area contributed by atoms with E-state index in [4.69, 9.17) is 14.7 Å². The molecule has 0 saturated carbocycles. The van der Waals surface area contributed by atoms with Crippen LogP contribution in [0.15, 0.2) is 11.8 Å². The van der Waals surface area contributed by atoms with Gasteiger partial charge in [0, 0.05) is 31.6 Å². The largest absolute Gasteiger partial charge is 0.385 e. The summed E-state index contributed by atoms with van der Waals surface area (Å²) in [6.07, 6.45) is 2.37. The first kappa shape index (κ1) is 20.6. The van der Waals surface area contributed by atoms with Gasteiger partial charge in [-0.1, -0.05) is 13.8 Å². The van der Waals surface area contributed by atoms with E-state index in [9.17, 15) is 4.79 Å². The molecule has 0 amide bonds. The van der Waals surface area contributed by atoms with Crippen LogP contribution in [0.25, 0.3) is 0 Å². The summed E-state index contributed by atoms with van der Waals surface area (Å²) in [4.78, 5) is 11.6. The average molecular weight is 310 g/mol. The quantitative estimate of drug-likeness (QED) is 0.360. The van der Waals surface area contributed by atoms with Gasteiger partial charge in [-0.2, -0.15) is 5.26 Å². The van der Waals surface area contributed by atoms with Gasteiger partial charge in [0.1, 0.15) is 11.4 Å². The van der Waals surface area contributed by atoms with Gasteiger partial charge in [0.25, 0.3) is 0 Å². The molecule has 126 valence electrons. The number of nitriles is 1. The van der Waals surface area contributed by atoms with Gasteiger partial charge in [-0.15, -0.1) is 0 Å². The molecule has 5 nitrogen and oxygen atoms in total. The van der Waals surface area contributed by atoms with Crippen molar-refractivity contribution in [2.45, 2.75) is 66.3 Å². The average Bonchev–Trinajstić information content (AvgIpc) is 2.41. The maximum atomic E-state index is 11.6. The van der Waals surface area contributed by atoms with Crippen molar-refractivity contribution in [3.05, 3.63) is 11.8 Å². The molecule has 22 heavy (non-hydrogen) atoms. The van der Waals surface area contributed by atoms with Crippen LogP contribution in [0, 0.1) is 17.2 Å². The van der Waals surface area contributed by atoms with Gasteiger partial charge in [0.05, 0.1) is 11.8 Å². The smallest absolute Gasteiger partial charge is 0.156 e. The highest BCUT2D eigenvalue weighted by Gasteiger charge is 2.27. The molecule has 0 bridgehead atoms. The second-order valence-corrected chi connectivity index (χ2v) is 5.99. The fraction of sp³-hybridized carbons (Fsp3) is 0.765. The minimum Gasteiger partial charge on any atom is -0.385 e. The Bertz CT molecular complexity index is 409. The SMILES string of the molecule is CCOC(C)OC(C)(C)C(=CC#N)NCCCC(=O)C(C)C. The summed E-state index contributed by atoms with van der Waals surface area (Å²) >= 11 is 0. The second kappa shape index (κ2) is 10.4. The maximum Gasteiger partial charge on any atom is 0.156 e. The lowest BCUT2D eigenvalue weighted by molar-refractivity contribution is -0.177. The van der Waals surface area contributed by atoms with Gasteiger partial charge in [-0.05, 0) is 34.1 Å². The topological polar surface area (TPSA) is 71.3 Å². The van der Waals surface area contributed by atoms with Crippen molar-refractivity contribution in [3.63, 3.8) is 0 Å². The van der Waals surface area contributed by atoms with Crippen molar-refractivity contribution >= 4 is 5.78 Å². The third-order valence-corrected chi connectivity index (χ3v) is 3.28. The maximum absolute atomic E-state index is 11.6. The first-order chi connectivity index (χ1) is 10.2. The van der Waals surface area contributed by atoms with E-state index in [1.165, 1.54) is 6.08 Å². The van der Waals surface area contributed by atoms with E-state index in [-0.39, 0.29) is 18.0 Å². The lowest BCUT2D eigenvalue weighted by Crippen LogP contribution is -2.39. The Balaban J connectivity index is 4.51. The van der Waals surface area contributed by atoms with Crippen LogP contribution in [0.3, 0.4) is 0 Å². The number of carbonyl (C=O) groups excluding carboxylic acids is 1. The molecule has 0 aliphatic rings. The van der Waals surface area contributed by atoms with E-state index in [0.29, 0.717) is 25.3 Å². The minimum absolute atomic E-state index is 0.0703. The molecule has 1 unspecified atom stereocenters. The van der Waals surface area contributed by atoms with Crippen LogP contribution in [-0.2, 0) is 14.3 Å².